The molecule has 0 unspecified atom stereocenters. The molecule has 0 aliphatic heterocycles. The van der Waals surface area contributed by atoms with E-state index in [2.05, 4.69) is 15.6 Å². The van der Waals surface area contributed by atoms with Crippen LogP contribution >= 0.6 is 0 Å². The Morgan fingerprint density at radius 2 is 2.35 bits per heavy atom. The van der Waals surface area contributed by atoms with Crippen molar-refractivity contribution in [1.29, 1.82) is 0 Å². The Morgan fingerprint density at radius 3 is 3.15 bits per heavy atom. The van der Waals surface area contributed by atoms with Crippen LogP contribution in [0.5, 0.6) is 5.75 Å². The van der Waals surface area contributed by atoms with Crippen LogP contribution in [0.3, 0.4) is 0 Å². The standard InChI is InChI=1S/C14H16N4O2/c1-19-13-4-2-3-11-9-12(20-14(11)13)10-15-5-7-18-8-6-16-17-18/h2-4,6,8-9,15H,5,7,10H2,1H3. The van der Waals surface area contributed by atoms with Crippen molar-refractivity contribution in [2.45, 2.75) is 13.1 Å². The van der Waals surface area contributed by atoms with Crippen LogP contribution in [0.1, 0.15) is 5.76 Å². The van der Waals surface area contributed by atoms with Gasteiger partial charge in [-0.15, -0.1) is 5.10 Å². The summed E-state index contributed by atoms with van der Waals surface area (Å²) < 4.78 is 12.9. The van der Waals surface area contributed by atoms with Gasteiger partial charge in [-0.05, 0) is 12.1 Å². The fourth-order valence-electron chi connectivity index (χ4n) is 2.09. The van der Waals surface area contributed by atoms with E-state index in [9.17, 15) is 0 Å². The van der Waals surface area contributed by atoms with E-state index < -0.39 is 0 Å². The number of ether oxygens (including phenoxy) is 1. The van der Waals surface area contributed by atoms with Gasteiger partial charge in [-0.3, -0.25) is 4.68 Å². The molecule has 0 radical (unpaired) electrons. The van der Waals surface area contributed by atoms with Gasteiger partial charge in [0.05, 0.1) is 26.4 Å². The SMILES string of the molecule is COc1cccc2cc(CNCCn3ccnn3)oc12. The molecular weight excluding hydrogens is 256 g/mol. The van der Waals surface area contributed by atoms with Crippen LogP contribution in [0, 0.1) is 0 Å². The van der Waals surface area contributed by atoms with Gasteiger partial charge in [0, 0.05) is 18.1 Å². The number of benzene rings is 1. The van der Waals surface area contributed by atoms with Gasteiger partial charge in [0.15, 0.2) is 11.3 Å². The monoisotopic (exact) mass is 272 g/mol. The average molecular weight is 272 g/mol. The largest absolute Gasteiger partial charge is 0.493 e. The first-order valence-corrected chi connectivity index (χ1v) is 6.47. The lowest BCUT2D eigenvalue weighted by molar-refractivity contribution is 0.405. The number of furan rings is 1. The Labute approximate surface area is 116 Å². The normalized spacial score (nSPS) is 11.1. The number of rotatable bonds is 6. The maximum atomic E-state index is 5.81. The third kappa shape index (κ3) is 2.65. The highest BCUT2D eigenvalue weighted by molar-refractivity contribution is 5.83. The summed E-state index contributed by atoms with van der Waals surface area (Å²) in [6.07, 6.45) is 3.51. The molecule has 20 heavy (non-hydrogen) atoms. The molecule has 1 aromatic carbocycles. The van der Waals surface area contributed by atoms with Gasteiger partial charge < -0.3 is 14.5 Å². The van der Waals surface area contributed by atoms with E-state index in [1.165, 1.54) is 0 Å². The summed E-state index contributed by atoms with van der Waals surface area (Å²) in [6, 6.07) is 7.90. The average Bonchev–Trinajstić information content (AvgIpc) is 3.11. The first kappa shape index (κ1) is 12.7. The van der Waals surface area contributed by atoms with Crippen molar-refractivity contribution in [3.05, 3.63) is 42.4 Å². The Kier molecular flexibility index (Phi) is 3.64. The quantitative estimate of drug-likeness (QED) is 0.693. The fraction of sp³-hybridized carbons (Fsp3) is 0.286. The van der Waals surface area contributed by atoms with E-state index in [1.807, 2.05) is 30.5 Å². The predicted octanol–water partition coefficient (Wildman–Crippen LogP) is 1.82. The van der Waals surface area contributed by atoms with E-state index in [0.717, 1.165) is 35.6 Å². The molecule has 0 aliphatic rings. The van der Waals surface area contributed by atoms with E-state index in [1.54, 1.807) is 18.0 Å². The van der Waals surface area contributed by atoms with Gasteiger partial charge in [-0.1, -0.05) is 17.3 Å². The highest BCUT2D eigenvalue weighted by atomic mass is 16.5. The third-order valence-corrected chi connectivity index (χ3v) is 3.07. The molecule has 2 aromatic heterocycles. The van der Waals surface area contributed by atoms with Crippen LogP contribution in [0.25, 0.3) is 11.0 Å². The Balaban J connectivity index is 1.60. The second-order valence-electron chi connectivity index (χ2n) is 4.43. The minimum absolute atomic E-state index is 0.673. The molecular formula is C14H16N4O2. The fourth-order valence-corrected chi connectivity index (χ4v) is 2.09. The van der Waals surface area contributed by atoms with Crippen LogP contribution in [0.15, 0.2) is 41.1 Å². The first-order chi connectivity index (χ1) is 9.86. The van der Waals surface area contributed by atoms with Crippen LogP contribution < -0.4 is 10.1 Å². The first-order valence-electron chi connectivity index (χ1n) is 6.47. The number of hydrogen-bond donors (Lipinski definition) is 1. The van der Waals surface area contributed by atoms with Gasteiger partial charge >= 0.3 is 0 Å². The van der Waals surface area contributed by atoms with Gasteiger partial charge in [0.1, 0.15) is 5.76 Å². The topological polar surface area (TPSA) is 65.1 Å². The van der Waals surface area contributed by atoms with Gasteiger partial charge in [0.25, 0.3) is 0 Å². The Hall–Kier alpha value is -2.34. The molecule has 0 saturated heterocycles. The van der Waals surface area contributed by atoms with Crippen molar-refractivity contribution in [1.82, 2.24) is 20.3 Å². The van der Waals surface area contributed by atoms with Crippen molar-refractivity contribution >= 4 is 11.0 Å². The smallest absolute Gasteiger partial charge is 0.176 e. The zero-order chi connectivity index (χ0) is 13.8. The Morgan fingerprint density at radius 1 is 1.40 bits per heavy atom. The van der Waals surface area contributed by atoms with Crippen LogP contribution in [-0.4, -0.2) is 28.6 Å². The molecule has 1 N–H and O–H groups in total. The van der Waals surface area contributed by atoms with E-state index in [-0.39, 0.29) is 0 Å². The van der Waals surface area contributed by atoms with Crippen molar-refractivity contribution in [2.24, 2.45) is 0 Å². The highest BCUT2D eigenvalue weighted by Gasteiger charge is 2.07. The molecule has 2 heterocycles. The predicted molar refractivity (Wildman–Crippen MR) is 74.5 cm³/mol. The molecule has 3 aromatic rings. The third-order valence-electron chi connectivity index (χ3n) is 3.07. The second kappa shape index (κ2) is 5.75. The van der Waals surface area contributed by atoms with Gasteiger partial charge in [0.2, 0.25) is 0 Å². The summed E-state index contributed by atoms with van der Waals surface area (Å²) in [7, 11) is 1.65. The second-order valence-corrected chi connectivity index (χ2v) is 4.43. The zero-order valence-corrected chi connectivity index (χ0v) is 11.2. The minimum Gasteiger partial charge on any atom is -0.493 e. The number of para-hydroxylation sites is 1. The summed E-state index contributed by atoms with van der Waals surface area (Å²) in [6.45, 7) is 2.26. The maximum Gasteiger partial charge on any atom is 0.176 e. The van der Waals surface area contributed by atoms with Crippen molar-refractivity contribution in [3.63, 3.8) is 0 Å². The summed E-state index contributed by atoms with van der Waals surface area (Å²) in [5.74, 6) is 1.65. The zero-order valence-electron chi connectivity index (χ0n) is 11.2. The van der Waals surface area contributed by atoms with Crippen molar-refractivity contribution < 1.29 is 9.15 Å². The lowest BCUT2D eigenvalue weighted by Gasteiger charge is -2.02. The van der Waals surface area contributed by atoms with E-state index in [4.69, 9.17) is 9.15 Å². The molecule has 0 amide bonds. The van der Waals surface area contributed by atoms with Crippen molar-refractivity contribution in [3.8, 4) is 5.75 Å². The number of hydrogen-bond acceptors (Lipinski definition) is 5. The molecule has 0 saturated carbocycles. The minimum atomic E-state index is 0.673. The number of fused-ring (bicyclic) bond motifs is 1. The molecule has 6 nitrogen and oxygen atoms in total. The summed E-state index contributed by atoms with van der Waals surface area (Å²) in [5, 5.41) is 12.0. The molecule has 0 fully saturated rings. The summed E-state index contributed by atoms with van der Waals surface area (Å²) in [5.41, 5.74) is 0.795. The van der Waals surface area contributed by atoms with Crippen LogP contribution in [0.2, 0.25) is 0 Å². The molecule has 0 atom stereocenters. The lowest BCUT2D eigenvalue weighted by atomic mass is 10.2. The molecule has 0 spiro atoms. The number of nitrogens with one attached hydrogen (secondary N) is 1. The number of aromatic nitrogens is 3. The summed E-state index contributed by atoms with van der Waals surface area (Å²) >= 11 is 0. The van der Waals surface area contributed by atoms with E-state index >= 15 is 0 Å². The number of methoxy groups -OCH3 is 1. The van der Waals surface area contributed by atoms with Crippen LogP contribution in [-0.2, 0) is 13.1 Å². The Bertz CT molecular complexity index is 676. The molecule has 6 heteroatoms. The van der Waals surface area contributed by atoms with E-state index in [0.29, 0.717) is 6.54 Å². The molecule has 0 aliphatic carbocycles. The molecule has 0 bridgehead atoms. The van der Waals surface area contributed by atoms with Gasteiger partial charge in [-0.25, -0.2) is 0 Å². The van der Waals surface area contributed by atoms with Crippen molar-refractivity contribution in [2.75, 3.05) is 13.7 Å². The maximum absolute atomic E-state index is 5.81. The van der Waals surface area contributed by atoms with Crippen LogP contribution in [0.4, 0.5) is 0 Å². The number of nitrogens with zero attached hydrogens (tertiary/aromatic N) is 3. The van der Waals surface area contributed by atoms with Gasteiger partial charge in [-0.2, -0.15) is 0 Å². The summed E-state index contributed by atoms with van der Waals surface area (Å²) in [4.78, 5) is 0. The molecule has 104 valence electrons. The molecule has 3 rings (SSSR count). The lowest BCUT2D eigenvalue weighted by Crippen LogP contribution is -2.19. The highest BCUT2D eigenvalue weighted by Crippen LogP contribution is 2.28.